The van der Waals surface area contributed by atoms with Crippen LogP contribution in [0.15, 0.2) is 0 Å². The highest BCUT2D eigenvalue weighted by molar-refractivity contribution is 5.06. The van der Waals surface area contributed by atoms with E-state index in [2.05, 4.69) is 12.2 Å². The predicted octanol–water partition coefficient (Wildman–Crippen LogP) is 2.83. The minimum absolute atomic E-state index is 0.525. The summed E-state index contributed by atoms with van der Waals surface area (Å²) in [6.45, 7) is 4.32. The second-order valence-corrected chi connectivity index (χ2v) is 7.14. The van der Waals surface area contributed by atoms with E-state index in [4.69, 9.17) is 4.74 Å². The van der Waals surface area contributed by atoms with Crippen molar-refractivity contribution in [1.82, 2.24) is 5.32 Å². The van der Waals surface area contributed by atoms with Crippen LogP contribution in [0.25, 0.3) is 0 Å². The van der Waals surface area contributed by atoms with Crippen LogP contribution in [0.3, 0.4) is 0 Å². The van der Waals surface area contributed by atoms with Crippen molar-refractivity contribution in [3.05, 3.63) is 0 Å². The molecule has 17 heavy (non-hydrogen) atoms. The van der Waals surface area contributed by atoms with Gasteiger partial charge in [-0.2, -0.15) is 0 Å². The van der Waals surface area contributed by atoms with Gasteiger partial charge in [-0.25, -0.2) is 0 Å². The summed E-state index contributed by atoms with van der Waals surface area (Å²) in [5.74, 6) is 3.79. The molecule has 4 bridgehead atoms. The van der Waals surface area contributed by atoms with E-state index in [1.54, 1.807) is 7.11 Å². The molecule has 4 fully saturated rings. The molecule has 0 aliphatic heterocycles. The Morgan fingerprint density at radius 3 is 2.12 bits per heavy atom. The van der Waals surface area contributed by atoms with Gasteiger partial charge >= 0.3 is 0 Å². The summed E-state index contributed by atoms with van der Waals surface area (Å²) in [4.78, 5) is 0. The minimum atomic E-state index is 0.525. The number of methoxy groups -OCH3 is 1. The number of hydrogen-bond acceptors (Lipinski definition) is 2. The van der Waals surface area contributed by atoms with Crippen molar-refractivity contribution >= 4 is 0 Å². The molecule has 0 aromatic rings. The summed E-state index contributed by atoms with van der Waals surface area (Å²) in [6, 6.07) is 0. The summed E-state index contributed by atoms with van der Waals surface area (Å²) in [7, 11) is 1.81. The van der Waals surface area contributed by atoms with Gasteiger partial charge in [0.25, 0.3) is 0 Å². The van der Waals surface area contributed by atoms with E-state index in [0.29, 0.717) is 11.5 Å². The normalized spacial score (nSPS) is 45.2. The van der Waals surface area contributed by atoms with Gasteiger partial charge in [-0.1, -0.05) is 6.92 Å². The lowest BCUT2D eigenvalue weighted by Gasteiger charge is -2.57. The van der Waals surface area contributed by atoms with Crippen molar-refractivity contribution in [3.8, 4) is 0 Å². The largest absolute Gasteiger partial charge is 0.384 e. The summed E-state index contributed by atoms with van der Waals surface area (Å²) in [6.07, 6.45) is 8.98. The maximum absolute atomic E-state index is 5.24. The van der Waals surface area contributed by atoms with Crippen LogP contribution in [-0.4, -0.2) is 25.8 Å². The number of hydrogen-bond donors (Lipinski definition) is 1. The zero-order chi connectivity index (χ0) is 11.9. The molecule has 4 rings (SSSR count). The van der Waals surface area contributed by atoms with Crippen molar-refractivity contribution < 1.29 is 4.74 Å². The highest BCUT2D eigenvalue weighted by Crippen LogP contribution is 2.55. The third-order valence-electron chi connectivity index (χ3n) is 5.31. The Hall–Kier alpha value is -0.0800. The van der Waals surface area contributed by atoms with Crippen molar-refractivity contribution in [3.63, 3.8) is 0 Å². The van der Waals surface area contributed by atoms with E-state index >= 15 is 0 Å². The first-order chi connectivity index (χ1) is 8.19. The standard InChI is InChI=1S/C15H27NO/c1-11(10-17-2)9-16-15-6-12-3-13(7-15)5-14(4-12)8-15/h11-14,16H,3-10H2,1-2H3. The Morgan fingerprint density at radius 2 is 1.65 bits per heavy atom. The van der Waals surface area contributed by atoms with E-state index < -0.39 is 0 Å². The van der Waals surface area contributed by atoms with E-state index in [9.17, 15) is 0 Å². The van der Waals surface area contributed by atoms with Crippen LogP contribution in [0.2, 0.25) is 0 Å². The van der Waals surface area contributed by atoms with Crippen molar-refractivity contribution in [1.29, 1.82) is 0 Å². The fraction of sp³-hybridized carbons (Fsp3) is 1.00. The second kappa shape index (κ2) is 4.55. The average Bonchev–Trinajstić information content (AvgIpc) is 2.25. The van der Waals surface area contributed by atoms with Crippen molar-refractivity contribution in [2.24, 2.45) is 23.7 Å². The lowest BCUT2D eigenvalue weighted by molar-refractivity contribution is -0.0223. The molecule has 0 saturated heterocycles. The van der Waals surface area contributed by atoms with E-state index in [1.165, 1.54) is 38.5 Å². The van der Waals surface area contributed by atoms with Crippen LogP contribution in [0.1, 0.15) is 45.4 Å². The zero-order valence-corrected chi connectivity index (χ0v) is 11.4. The molecule has 4 aliphatic carbocycles. The highest BCUT2D eigenvalue weighted by atomic mass is 16.5. The molecule has 4 saturated carbocycles. The Balaban J connectivity index is 1.58. The molecule has 0 aromatic heterocycles. The Morgan fingerprint density at radius 1 is 1.12 bits per heavy atom. The molecular formula is C15H27NO. The predicted molar refractivity (Wildman–Crippen MR) is 69.9 cm³/mol. The topological polar surface area (TPSA) is 21.3 Å². The van der Waals surface area contributed by atoms with Crippen LogP contribution in [0, 0.1) is 23.7 Å². The van der Waals surface area contributed by atoms with Gasteiger partial charge in [0.1, 0.15) is 0 Å². The van der Waals surface area contributed by atoms with Gasteiger partial charge in [-0.3, -0.25) is 0 Å². The molecule has 0 radical (unpaired) electrons. The molecular weight excluding hydrogens is 210 g/mol. The molecule has 1 unspecified atom stereocenters. The molecule has 98 valence electrons. The van der Waals surface area contributed by atoms with Gasteiger partial charge in [0, 0.05) is 25.8 Å². The van der Waals surface area contributed by atoms with Gasteiger partial charge < -0.3 is 10.1 Å². The van der Waals surface area contributed by atoms with Crippen LogP contribution < -0.4 is 5.32 Å². The van der Waals surface area contributed by atoms with Crippen LogP contribution in [-0.2, 0) is 4.74 Å². The number of rotatable bonds is 5. The molecule has 0 aromatic carbocycles. The van der Waals surface area contributed by atoms with Crippen molar-refractivity contribution in [2.45, 2.75) is 51.0 Å². The number of nitrogens with one attached hydrogen (secondary N) is 1. The molecule has 2 heteroatoms. The zero-order valence-electron chi connectivity index (χ0n) is 11.4. The van der Waals surface area contributed by atoms with Crippen molar-refractivity contribution in [2.75, 3.05) is 20.3 Å². The van der Waals surface area contributed by atoms with Gasteiger partial charge in [0.2, 0.25) is 0 Å². The van der Waals surface area contributed by atoms with Gasteiger partial charge in [-0.15, -0.1) is 0 Å². The maximum atomic E-state index is 5.24. The highest BCUT2D eigenvalue weighted by Gasteiger charge is 2.50. The minimum Gasteiger partial charge on any atom is -0.384 e. The Bertz CT molecular complexity index is 241. The lowest BCUT2D eigenvalue weighted by Crippen LogP contribution is -2.59. The third-order valence-corrected chi connectivity index (χ3v) is 5.31. The molecule has 1 N–H and O–H groups in total. The molecule has 1 atom stereocenters. The quantitative estimate of drug-likeness (QED) is 0.794. The SMILES string of the molecule is COCC(C)CNC12CC3CC(CC(C3)C1)C2. The first-order valence-corrected chi connectivity index (χ1v) is 7.43. The fourth-order valence-corrected chi connectivity index (χ4v) is 5.06. The fourth-order valence-electron chi connectivity index (χ4n) is 5.06. The first kappa shape index (κ1) is 12.0. The average molecular weight is 237 g/mol. The Labute approximate surface area is 105 Å². The number of ether oxygens (including phenoxy) is 1. The summed E-state index contributed by atoms with van der Waals surface area (Å²) in [5.41, 5.74) is 0.525. The van der Waals surface area contributed by atoms with Gasteiger partial charge in [-0.05, 0) is 62.2 Å². The van der Waals surface area contributed by atoms with E-state index in [1.807, 2.05) is 0 Å². The molecule has 0 spiro atoms. The monoisotopic (exact) mass is 237 g/mol. The maximum Gasteiger partial charge on any atom is 0.0499 e. The summed E-state index contributed by atoms with van der Waals surface area (Å²) >= 11 is 0. The summed E-state index contributed by atoms with van der Waals surface area (Å²) in [5, 5.41) is 3.93. The first-order valence-electron chi connectivity index (χ1n) is 7.43. The third kappa shape index (κ3) is 2.39. The van der Waals surface area contributed by atoms with E-state index in [0.717, 1.165) is 30.9 Å². The smallest absolute Gasteiger partial charge is 0.0499 e. The second-order valence-electron chi connectivity index (χ2n) is 7.14. The summed E-state index contributed by atoms with van der Waals surface area (Å²) < 4.78 is 5.24. The van der Waals surface area contributed by atoms with Gasteiger partial charge in [0.15, 0.2) is 0 Å². The lowest BCUT2D eigenvalue weighted by atomic mass is 9.53. The molecule has 0 amide bonds. The molecule has 2 nitrogen and oxygen atoms in total. The van der Waals surface area contributed by atoms with Crippen LogP contribution in [0.5, 0.6) is 0 Å². The van der Waals surface area contributed by atoms with Crippen LogP contribution in [0.4, 0.5) is 0 Å². The molecule has 4 aliphatic rings. The van der Waals surface area contributed by atoms with Crippen LogP contribution >= 0.6 is 0 Å². The molecule has 0 heterocycles. The Kier molecular flexibility index (Phi) is 3.20. The van der Waals surface area contributed by atoms with E-state index in [-0.39, 0.29) is 0 Å². The van der Waals surface area contributed by atoms with Gasteiger partial charge in [0.05, 0.1) is 0 Å².